The molecule has 2 rings (SSSR count). The van der Waals surface area contributed by atoms with Crippen LogP contribution in [0.4, 0.5) is 5.69 Å². The summed E-state index contributed by atoms with van der Waals surface area (Å²) in [6, 6.07) is 5.48. The van der Waals surface area contributed by atoms with Gasteiger partial charge in [0.15, 0.2) is 0 Å². The van der Waals surface area contributed by atoms with E-state index < -0.39 is 4.92 Å². The number of likely N-dealkylation sites (N-methyl/N-ethyl adjacent to an activating group) is 1. The third-order valence-electron chi connectivity index (χ3n) is 3.30. The predicted molar refractivity (Wildman–Crippen MR) is 70.8 cm³/mol. The van der Waals surface area contributed by atoms with Crippen LogP contribution >= 0.6 is 11.6 Å². The molecule has 1 atom stereocenters. The first-order valence-electron chi connectivity index (χ1n) is 5.92. The second kappa shape index (κ2) is 5.65. The van der Waals surface area contributed by atoms with E-state index in [2.05, 4.69) is 10.2 Å². The van der Waals surface area contributed by atoms with Gasteiger partial charge in [-0.15, -0.1) is 0 Å². The zero-order chi connectivity index (χ0) is 13.1. The van der Waals surface area contributed by atoms with Gasteiger partial charge in [-0.1, -0.05) is 17.7 Å². The van der Waals surface area contributed by atoms with Crippen LogP contribution in [0.25, 0.3) is 0 Å². The largest absolute Gasteiger partial charge is 0.316 e. The van der Waals surface area contributed by atoms with Gasteiger partial charge in [0.05, 0.1) is 4.92 Å². The molecule has 6 heteroatoms. The van der Waals surface area contributed by atoms with Crippen molar-refractivity contribution in [2.75, 3.05) is 20.1 Å². The lowest BCUT2D eigenvalue weighted by Gasteiger charge is -2.15. The maximum Gasteiger partial charge on any atom is 0.287 e. The van der Waals surface area contributed by atoms with Gasteiger partial charge in [-0.05, 0) is 25.1 Å². The zero-order valence-electron chi connectivity index (χ0n) is 10.2. The number of nitrogens with zero attached hydrogens (tertiary/aromatic N) is 2. The van der Waals surface area contributed by atoms with Crippen molar-refractivity contribution in [1.29, 1.82) is 0 Å². The Kier molecular flexibility index (Phi) is 4.16. The monoisotopic (exact) mass is 269 g/mol. The minimum absolute atomic E-state index is 0.0325. The second-order valence-electron chi connectivity index (χ2n) is 4.55. The molecule has 1 N–H and O–H groups in total. The molecule has 1 heterocycles. The fourth-order valence-electron chi connectivity index (χ4n) is 2.27. The lowest BCUT2D eigenvalue weighted by Crippen LogP contribution is -2.29. The van der Waals surface area contributed by atoms with Crippen LogP contribution in [-0.2, 0) is 6.54 Å². The first-order valence-corrected chi connectivity index (χ1v) is 6.30. The van der Waals surface area contributed by atoms with E-state index >= 15 is 0 Å². The molecule has 18 heavy (non-hydrogen) atoms. The average Bonchev–Trinajstić information content (AvgIpc) is 2.76. The fraction of sp³-hybridized carbons (Fsp3) is 0.500. The Balaban J connectivity index is 2.02. The molecular weight excluding hydrogens is 254 g/mol. The van der Waals surface area contributed by atoms with Gasteiger partial charge in [0.1, 0.15) is 5.02 Å². The molecule has 1 aliphatic rings. The van der Waals surface area contributed by atoms with Gasteiger partial charge < -0.3 is 5.32 Å². The van der Waals surface area contributed by atoms with Crippen molar-refractivity contribution < 1.29 is 4.92 Å². The van der Waals surface area contributed by atoms with Gasteiger partial charge >= 0.3 is 0 Å². The lowest BCUT2D eigenvalue weighted by atomic mass is 10.2. The first kappa shape index (κ1) is 13.3. The number of halogens is 1. The SMILES string of the molecule is CNC1CCN(Cc2ccc([N+](=O)[O-])c(Cl)c2)C1. The minimum atomic E-state index is -0.459. The van der Waals surface area contributed by atoms with Crippen LogP contribution in [0.1, 0.15) is 12.0 Å². The van der Waals surface area contributed by atoms with Crippen molar-refractivity contribution in [3.8, 4) is 0 Å². The van der Waals surface area contributed by atoms with Gasteiger partial charge in [-0.25, -0.2) is 0 Å². The molecule has 1 unspecified atom stereocenters. The summed E-state index contributed by atoms with van der Waals surface area (Å²) in [5.41, 5.74) is 0.984. The van der Waals surface area contributed by atoms with E-state index in [-0.39, 0.29) is 10.7 Å². The molecule has 0 spiro atoms. The molecular formula is C12H16ClN3O2. The van der Waals surface area contributed by atoms with Gasteiger partial charge in [-0.2, -0.15) is 0 Å². The van der Waals surface area contributed by atoms with E-state index in [1.807, 2.05) is 7.05 Å². The molecule has 1 aliphatic heterocycles. The maximum atomic E-state index is 10.7. The van der Waals surface area contributed by atoms with Gasteiger partial charge in [0.2, 0.25) is 0 Å². The summed E-state index contributed by atoms with van der Waals surface area (Å²) < 4.78 is 0. The van der Waals surface area contributed by atoms with Crippen LogP contribution in [0.3, 0.4) is 0 Å². The normalized spacial score (nSPS) is 20.2. The molecule has 0 radical (unpaired) electrons. The number of nitrogens with one attached hydrogen (secondary N) is 1. The smallest absolute Gasteiger partial charge is 0.287 e. The maximum absolute atomic E-state index is 10.7. The van der Waals surface area contributed by atoms with Crippen LogP contribution < -0.4 is 5.32 Å². The molecule has 1 aromatic carbocycles. The number of likely N-dealkylation sites (tertiary alicyclic amines) is 1. The topological polar surface area (TPSA) is 58.4 Å². The fourth-order valence-corrected chi connectivity index (χ4v) is 2.54. The molecule has 0 amide bonds. The number of benzene rings is 1. The van der Waals surface area contributed by atoms with Crippen LogP contribution in [0.2, 0.25) is 5.02 Å². The van der Waals surface area contributed by atoms with E-state index in [9.17, 15) is 10.1 Å². The van der Waals surface area contributed by atoms with Crippen LogP contribution in [-0.4, -0.2) is 36.0 Å². The van der Waals surface area contributed by atoms with Crippen molar-refractivity contribution in [3.63, 3.8) is 0 Å². The van der Waals surface area contributed by atoms with Crippen molar-refractivity contribution in [1.82, 2.24) is 10.2 Å². The Hall–Kier alpha value is -1.17. The highest BCUT2D eigenvalue weighted by Gasteiger charge is 2.21. The molecule has 0 bridgehead atoms. The molecule has 98 valence electrons. The lowest BCUT2D eigenvalue weighted by molar-refractivity contribution is -0.384. The number of rotatable bonds is 4. The summed E-state index contributed by atoms with van der Waals surface area (Å²) >= 11 is 5.89. The Bertz CT molecular complexity index is 453. The second-order valence-corrected chi connectivity index (χ2v) is 4.96. The molecule has 1 aromatic rings. The van der Waals surface area contributed by atoms with E-state index in [1.54, 1.807) is 12.1 Å². The summed E-state index contributed by atoms with van der Waals surface area (Å²) in [6.07, 6.45) is 1.14. The summed E-state index contributed by atoms with van der Waals surface area (Å²) in [6.45, 7) is 2.83. The molecule has 5 nitrogen and oxygen atoms in total. The Morgan fingerprint density at radius 1 is 1.61 bits per heavy atom. The van der Waals surface area contributed by atoms with Crippen LogP contribution in [0.15, 0.2) is 18.2 Å². The van der Waals surface area contributed by atoms with Crippen molar-refractivity contribution >= 4 is 17.3 Å². The van der Waals surface area contributed by atoms with E-state index in [0.29, 0.717) is 6.04 Å². The van der Waals surface area contributed by atoms with Crippen molar-refractivity contribution in [3.05, 3.63) is 38.9 Å². The Morgan fingerprint density at radius 3 is 2.94 bits per heavy atom. The third-order valence-corrected chi connectivity index (χ3v) is 3.60. The summed E-state index contributed by atoms with van der Waals surface area (Å²) in [4.78, 5) is 12.5. The molecule has 1 saturated heterocycles. The third kappa shape index (κ3) is 2.98. The first-order chi connectivity index (χ1) is 8.60. The average molecular weight is 270 g/mol. The van der Waals surface area contributed by atoms with Crippen molar-refractivity contribution in [2.45, 2.75) is 19.0 Å². The van der Waals surface area contributed by atoms with E-state index in [0.717, 1.165) is 31.6 Å². The van der Waals surface area contributed by atoms with E-state index in [4.69, 9.17) is 11.6 Å². The van der Waals surface area contributed by atoms with E-state index in [1.165, 1.54) is 6.07 Å². The van der Waals surface area contributed by atoms with Crippen LogP contribution in [0.5, 0.6) is 0 Å². The molecule has 0 aliphatic carbocycles. The number of hydrogen-bond acceptors (Lipinski definition) is 4. The predicted octanol–water partition coefficient (Wildman–Crippen LogP) is 2.04. The summed E-state index contributed by atoms with van der Waals surface area (Å²) in [5.74, 6) is 0. The number of nitro benzene ring substituents is 1. The highest BCUT2D eigenvalue weighted by atomic mass is 35.5. The molecule has 0 aromatic heterocycles. The Morgan fingerprint density at radius 2 is 2.39 bits per heavy atom. The summed E-state index contributed by atoms with van der Waals surface area (Å²) in [5, 5.41) is 14.1. The van der Waals surface area contributed by atoms with Gasteiger partial charge in [-0.3, -0.25) is 15.0 Å². The summed E-state index contributed by atoms with van der Waals surface area (Å²) in [7, 11) is 1.97. The van der Waals surface area contributed by atoms with Crippen LogP contribution in [0, 0.1) is 10.1 Å². The highest BCUT2D eigenvalue weighted by Crippen LogP contribution is 2.26. The Labute approximate surface area is 111 Å². The number of hydrogen-bond donors (Lipinski definition) is 1. The molecule has 1 fully saturated rings. The quantitative estimate of drug-likeness (QED) is 0.671. The zero-order valence-corrected chi connectivity index (χ0v) is 11.0. The molecule has 0 saturated carbocycles. The standard InChI is InChI=1S/C12H16ClN3O2/c1-14-10-4-5-15(8-10)7-9-2-3-12(16(17)18)11(13)6-9/h2-3,6,10,14H,4-5,7-8H2,1H3. The number of nitro groups is 1. The van der Waals surface area contributed by atoms with Gasteiger partial charge in [0.25, 0.3) is 5.69 Å². The minimum Gasteiger partial charge on any atom is -0.316 e. The van der Waals surface area contributed by atoms with Crippen molar-refractivity contribution in [2.24, 2.45) is 0 Å². The van der Waals surface area contributed by atoms with Gasteiger partial charge in [0, 0.05) is 31.7 Å². The highest BCUT2D eigenvalue weighted by molar-refractivity contribution is 6.32.